The minimum Gasteiger partial charge on any atom is -0.507 e. The summed E-state index contributed by atoms with van der Waals surface area (Å²) in [6.45, 7) is 4.49. The van der Waals surface area contributed by atoms with Gasteiger partial charge in [0.15, 0.2) is 0 Å². The van der Waals surface area contributed by atoms with Crippen molar-refractivity contribution in [2.24, 2.45) is 5.92 Å². The molecule has 1 atom stereocenters. The molecule has 1 saturated heterocycles. The fraction of sp³-hybridized carbons (Fsp3) is 0.280. The second-order valence-corrected chi connectivity index (χ2v) is 8.97. The highest BCUT2D eigenvalue weighted by molar-refractivity contribution is 6.31. The monoisotopic (exact) mass is 451 g/mol. The van der Waals surface area contributed by atoms with Crippen LogP contribution in [0.3, 0.4) is 0 Å². The van der Waals surface area contributed by atoms with Crippen molar-refractivity contribution in [2.75, 3.05) is 13.1 Å². The van der Waals surface area contributed by atoms with Crippen LogP contribution < -0.4 is 11.3 Å². The first-order valence-corrected chi connectivity index (χ1v) is 11.0. The average molecular weight is 452 g/mol. The highest BCUT2D eigenvalue weighted by atomic mass is 35.5. The second kappa shape index (κ2) is 8.11. The van der Waals surface area contributed by atoms with Gasteiger partial charge in [0.25, 0.3) is 0 Å². The average Bonchev–Trinajstić information content (AvgIpc) is 2.75. The molecular weight excluding hydrogens is 430 g/mol. The molecule has 32 heavy (non-hydrogen) atoms. The molecule has 5 rings (SSSR count). The van der Waals surface area contributed by atoms with Crippen LogP contribution in [-0.4, -0.2) is 23.1 Å². The molecule has 4 aromatic rings. The lowest BCUT2D eigenvalue weighted by atomic mass is 9.97. The summed E-state index contributed by atoms with van der Waals surface area (Å²) in [4.78, 5) is 27.5. The molecule has 0 bridgehead atoms. The summed E-state index contributed by atoms with van der Waals surface area (Å²) < 4.78 is 11.0. The summed E-state index contributed by atoms with van der Waals surface area (Å²) in [7, 11) is 0. The highest BCUT2D eigenvalue weighted by Gasteiger charge is 2.22. The van der Waals surface area contributed by atoms with E-state index in [1.54, 1.807) is 36.4 Å². The quantitative estimate of drug-likeness (QED) is 0.433. The fourth-order valence-electron chi connectivity index (χ4n) is 4.58. The van der Waals surface area contributed by atoms with Gasteiger partial charge in [-0.15, -0.1) is 0 Å². The molecule has 2 aromatic heterocycles. The lowest BCUT2D eigenvalue weighted by Crippen LogP contribution is -2.33. The summed E-state index contributed by atoms with van der Waals surface area (Å²) in [6, 6.07) is 11.2. The van der Waals surface area contributed by atoms with Crippen LogP contribution >= 0.6 is 11.6 Å². The number of phenols is 1. The molecule has 0 aliphatic carbocycles. The first-order valence-electron chi connectivity index (χ1n) is 10.6. The van der Waals surface area contributed by atoms with E-state index in [4.69, 9.17) is 20.4 Å². The molecular formula is C25H22ClNO5. The van der Waals surface area contributed by atoms with Crippen LogP contribution in [0.5, 0.6) is 5.75 Å². The van der Waals surface area contributed by atoms with Crippen molar-refractivity contribution in [2.45, 2.75) is 26.3 Å². The van der Waals surface area contributed by atoms with E-state index in [-0.39, 0.29) is 16.9 Å². The lowest BCUT2D eigenvalue weighted by Gasteiger charge is -2.31. The number of nitrogens with zero attached hydrogens (tertiary/aromatic N) is 1. The molecule has 0 unspecified atom stereocenters. The number of phenolic OH excluding ortho intramolecular Hbond substituents is 1. The number of hydrogen-bond acceptors (Lipinski definition) is 6. The van der Waals surface area contributed by atoms with Gasteiger partial charge in [-0.1, -0.05) is 18.5 Å². The van der Waals surface area contributed by atoms with Crippen LogP contribution in [0.25, 0.3) is 33.1 Å². The molecule has 1 aliphatic heterocycles. The van der Waals surface area contributed by atoms with Gasteiger partial charge < -0.3 is 13.9 Å². The maximum atomic E-state index is 12.8. The molecule has 164 valence electrons. The SMILES string of the molecule is C[C@@H]1CCCN(Cc2c(O)ccc3c(-c4cc5cc(Cl)ccc5oc4=O)cc(=O)oc23)C1. The number of likely N-dealkylation sites (tertiary alicyclic amines) is 1. The fourth-order valence-corrected chi connectivity index (χ4v) is 4.76. The smallest absolute Gasteiger partial charge is 0.344 e. The van der Waals surface area contributed by atoms with E-state index in [2.05, 4.69) is 11.8 Å². The van der Waals surface area contributed by atoms with Crippen LogP contribution in [0, 0.1) is 5.92 Å². The first-order chi connectivity index (χ1) is 15.4. The van der Waals surface area contributed by atoms with Crippen LogP contribution in [-0.2, 0) is 6.54 Å². The molecule has 1 N–H and O–H groups in total. The molecule has 1 aliphatic rings. The number of aromatic hydroxyl groups is 1. The topological polar surface area (TPSA) is 83.9 Å². The zero-order valence-corrected chi connectivity index (χ0v) is 18.3. The molecule has 1 fully saturated rings. The van der Waals surface area contributed by atoms with E-state index < -0.39 is 11.3 Å². The van der Waals surface area contributed by atoms with Crippen LogP contribution in [0.15, 0.2) is 60.9 Å². The van der Waals surface area contributed by atoms with Crippen LogP contribution in [0.4, 0.5) is 0 Å². The van der Waals surface area contributed by atoms with Gasteiger partial charge in [-0.3, -0.25) is 4.90 Å². The van der Waals surface area contributed by atoms with Crippen LogP contribution in [0.1, 0.15) is 25.3 Å². The van der Waals surface area contributed by atoms with E-state index in [1.807, 2.05) is 0 Å². The van der Waals surface area contributed by atoms with Crippen molar-refractivity contribution in [3.63, 3.8) is 0 Å². The van der Waals surface area contributed by atoms with Gasteiger partial charge in [0.1, 0.15) is 16.9 Å². The van der Waals surface area contributed by atoms with E-state index >= 15 is 0 Å². The maximum Gasteiger partial charge on any atom is 0.344 e. The highest BCUT2D eigenvalue weighted by Crippen LogP contribution is 2.34. The Morgan fingerprint density at radius 1 is 1.09 bits per heavy atom. The van der Waals surface area contributed by atoms with Gasteiger partial charge in [-0.2, -0.15) is 0 Å². The Bertz CT molecular complexity index is 1450. The summed E-state index contributed by atoms with van der Waals surface area (Å²) in [5, 5.41) is 12.3. The largest absolute Gasteiger partial charge is 0.507 e. The lowest BCUT2D eigenvalue weighted by molar-refractivity contribution is 0.175. The Labute approximate surface area is 188 Å². The zero-order chi connectivity index (χ0) is 22.4. The Morgan fingerprint density at radius 2 is 1.94 bits per heavy atom. The molecule has 0 saturated carbocycles. The maximum absolute atomic E-state index is 12.8. The summed E-state index contributed by atoms with van der Waals surface area (Å²) in [5.74, 6) is 0.630. The molecule has 0 spiro atoms. The van der Waals surface area contributed by atoms with Gasteiger partial charge in [-0.25, -0.2) is 9.59 Å². The van der Waals surface area contributed by atoms with Gasteiger partial charge in [0.05, 0.1) is 11.1 Å². The van der Waals surface area contributed by atoms with Crippen LogP contribution in [0.2, 0.25) is 5.02 Å². The molecule has 2 aromatic carbocycles. The van der Waals surface area contributed by atoms with Crippen molar-refractivity contribution < 1.29 is 13.9 Å². The number of piperidine rings is 1. The zero-order valence-electron chi connectivity index (χ0n) is 17.6. The van der Waals surface area contributed by atoms with Crippen molar-refractivity contribution in [1.82, 2.24) is 4.90 Å². The van der Waals surface area contributed by atoms with E-state index in [1.165, 1.54) is 12.5 Å². The van der Waals surface area contributed by atoms with Crippen molar-refractivity contribution in [3.05, 3.63) is 73.9 Å². The Kier molecular flexibility index (Phi) is 5.27. The first kappa shape index (κ1) is 20.8. The third-order valence-corrected chi connectivity index (χ3v) is 6.33. The van der Waals surface area contributed by atoms with Crippen molar-refractivity contribution in [1.29, 1.82) is 0 Å². The second-order valence-electron chi connectivity index (χ2n) is 8.53. The molecule has 6 nitrogen and oxygen atoms in total. The third kappa shape index (κ3) is 3.80. The van der Waals surface area contributed by atoms with Gasteiger partial charge >= 0.3 is 11.3 Å². The van der Waals surface area contributed by atoms with Gasteiger partial charge in [-0.05, 0) is 61.7 Å². The molecule has 3 heterocycles. The normalized spacial score (nSPS) is 17.2. The third-order valence-electron chi connectivity index (χ3n) is 6.10. The summed E-state index contributed by atoms with van der Waals surface area (Å²) >= 11 is 6.10. The number of halogens is 1. The predicted octanol–water partition coefficient (Wildman–Crippen LogP) is 5.16. The Balaban J connectivity index is 1.70. The van der Waals surface area contributed by atoms with Crippen molar-refractivity contribution >= 4 is 33.5 Å². The molecule has 0 radical (unpaired) electrons. The number of fused-ring (bicyclic) bond motifs is 2. The molecule has 0 amide bonds. The van der Waals surface area contributed by atoms with E-state index in [0.717, 1.165) is 19.5 Å². The van der Waals surface area contributed by atoms with E-state index in [9.17, 15) is 14.7 Å². The number of rotatable bonds is 3. The minimum absolute atomic E-state index is 0.0633. The Hall–Kier alpha value is -3.09. The number of benzene rings is 2. The predicted molar refractivity (Wildman–Crippen MR) is 124 cm³/mol. The standard InChI is InChI=1S/C25H22ClNO5/c1-14-3-2-8-27(12-14)13-20-21(28)6-5-17-18(11-23(29)32-24(17)20)19-10-15-9-16(26)4-7-22(15)31-25(19)30/h4-7,9-11,14,28H,2-3,8,12-13H2,1H3/t14-/m1/s1. The summed E-state index contributed by atoms with van der Waals surface area (Å²) in [5.41, 5.74) is 0.720. The van der Waals surface area contributed by atoms with E-state index in [0.29, 0.717) is 45.0 Å². The summed E-state index contributed by atoms with van der Waals surface area (Å²) in [6.07, 6.45) is 2.27. The molecule has 7 heteroatoms. The van der Waals surface area contributed by atoms with Gasteiger partial charge in [0.2, 0.25) is 0 Å². The number of hydrogen-bond donors (Lipinski definition) is 1. The van der Waals surface area contributed by atoms with Gasteiger partial charge in [0, 0.05) is 40.5 Å². The minimum atomic E-state index is -0.600. The Morgan fingerprint density at radius 3 is 2.75 bits per heavy atom. The van der Waals surface area contributed by atoms with Crippen molar-refractivity contribution in [3.8, 4) is 16.9 Å².